The van der Waals surface area contributed by atoms with Crippen molar-refractivity contribution in [3.05, 3.63) is 41.9 Å². The highest BCUT2D eigenvalue weighted by molar-refractivity contribution is 7.99. The fourth-order valence-corrected chi connectivity index (χ4v) is 3.93. The minimum atomic E-state index is -0.388. The molecule has 1 aromatic heterocycles. The molecule has 0 amide bonds. The van der Waals surface area contributed by atoms with Crippen molar-refractivity contribution in [3.63, 3.8) is 0 Å². The van der Waals surface area contributed by atoms with Gasteiger partial charge in [-0.2, -0.15) is 0 Å². The number of quaternary nitrogens is 1. The molecule has 2 N–H and O–H groups in total. The van der Waals surface area contributed by atoms with Crippen LogP contribution >= 0.6 is 23.4 Å². The predicted molar refractivity (Wildman–Crippen MR) is 104 cm³/mol. The van der Waals surface area contributed by atoms with Crippen molar-refractivity contribution in [1.82, 2.24) is 14.8 Å². The molecule has 0 radical (unpaired) electrons. The lowest BCUT2D eigenvalue weighted by atomic mass is 10.2. The molecule has 1 saturated heterocycles. The number of thioether (sulfide) groups is 1. The summed E-state index contributed by atoms with van der Waals surface area (Å²) in [5.74, 6) is 1.36. The van der Waals surface area contributed by atoms with Gasteiger partial charge >= 0.3 is 0 Å². The lowest BCUT2D eigenvalue weighted by Crippen LogP contribution is -3.15. The van der Waals surface area contributed by atoms with Crippen LogP contribution in [0.15, 0.2) is 42.1 Å². The van der Waals surface area contributed by atoms with E-state index in [0.29, 0.717) is 17.3 Å². The summed E-state index contributed by atoms with van der Waals surface area (Å²) >= 11 is 7.49. The Hall–Kier alpha value is -1.38. The van der Waals surface area contributed by atoms with E-state index >= 15 is 0 Å². The quantitative estimate of drug-likeness (QED) is 0.518. The van der Waals surface area contributed by atoms with Crippen molar-refractivity contribution in [2.45, 2.75) is 17.8 Å². The monoisotopic (exact) mass is 395 g/mol. The summed E-state index contributed by atoms with van der Waals surface area (Å²) in [6.45, 7) is 8.62. The van der Waals surface area contributed by atoms with Crippen molar-refractivity contribution < 1.29 is 14.7 Å². The van der Waals surface area contributed by atoms with Crippen LogP contribution in [0, 0.1) is 0 Å². The van der Waals surface area contributed by atoms with Gasteiger partial charge in [-0.25, -0.2) is 0 Å². The number of aliphatic hydroxyl groups excluding tert-OH is 1. The van der Waals surface area contributed by atoms with E-state index in [-0.39, 0.29) is 6.10 Å². The second-order valence-corrected chi connectivity index (χ2v) is 7.67. The summed E-state index contributed by atoms with van der Waals surface area (Å²) in [6.07, 6.45) is 1.43. The number of allylic oxidation sites excluding steroid dienone is 1. The van der Waals surface area contributed by atoms with Crippen LogP contribution in [0.2, 0.25) is 5.02 Å². The smallest absolute Gasteiger partial charge is 0.191 e. The molecule has 1 atom stereocenters. The molecule has 0 bridgehead atoms. The molecule has 0 spiro atoms. The van der Waals surface area contributed by atoms with Crippen molar-refractivity contribution in [3.8, 4) is 11.4 Å². The van der Waals surface area contributed by atoms with Crippen LogP contribution in [0.25, 0.3) is 11.4 Å². The van der Waals surface area contributed by atoms with E-state index in [2.05, 4.69) is 16.8 Å². The highest BCUT2D eigenvalue weighted by Crippen LogP contribution is 2.25. The first-order valence-electron chi connectivity index (χ1n) is 8.69. The second kappa shape index (κ2) is 9.53. The van der Waals surface area contributed by atoms with E-state index in [1.807, 2.05) is 34.9 Å². The topological polar surface area (TPSA) is 64.6 Å². The van der Waals surface area contributed by atoms with Crippen molar-refractivity contribution in [2.24, 2.45) is 0 Å². The van der Waals surface area contributed by atoms with Gasteiger partial charge in [-0.1, -0.05) is 29.4 Å². The number of halogens is 1. The summed E-state index contributed by atoms with van der Waals surface area (Å²) in [6, 6.07) is 7.53. The molecule has 0 aliphatic carbocycles. The number of nitrogens with zero attached hydrogens (tertiary/aromatic N) is 3. The Morgan fingerprint density at radius 1 is 1.31 bits per heavy atom. The molecule has 1 fully saturated rings. The highest BCUT2D eigenvalue weighted by Gasteiger charge is 2.20. The van der Waals surface area contributed by atoms with E-state index in [4.69, 9.17) is 16.3 Å². The number of hydrogen-bond acceptors (Lipinski definition) is 5. The maximum atomic E-state index is 10.4. The Kier molecular flexibility index (Phi) is 7.10. The van der Waals surface area contributed by atoms with Crippen LogP contribution in [0.5, 0.6) is 0 Å². The zero-order chi connectivity index (χ0) is 18.4. The van der Waals surface area contributed by atoms with Gasteiger partial charge < -0.3 is 14.7 Å². The Balaban J connectivity index is 1.65. The summed E-state index contributed by atoms with van der Waals surface area (Å²) in [4.78, 5) is 1.39. The van der Waals surface area contributed by atoms with Crippen LogP contribution in [-0.4, -0.2) is 64.6 Å². The average Bonchev–Trinajstić information content (AvgIpc) is 3.05. The molecule has 0 saturated carbocycles. The van der Waals surface area contributed by atoms with Crippen LogP contribution in [-0.2, 0) is 11.3 Å². The number of benzene rings is 1. The Bertz CT molecular complexity index is 716. The number of nitrogens with one attached hydrogen (secondary N) is 1. The molecule has 1 aromatic carbocycles. The van der Waals surface area contributed by atoms with Crippen molar-refractivity contribution in [1.29, 1.82) is 0 Å². The predicted octanol–water partition coefficient (Wildman–Crippen LogP) is 1.15. The molecular formula is C18H24ClN4O2S+. The number of hydrogen-bond donors (Lipinski definition) is 2. The van der Waals surface area contributed by atoms with Gasteiger partial charge in [0.25, 0.3) is 0 Å². The Labute approximate surface area is 162 Å². The minimum Gasteiger partial charge on any atom is -0.386 e. The maximum absolute atomic E-state index is 10.4. The number of aliphatic hydroxyl groups is 1. The first-order chi connectivity index (χ1) is 12.7. The van der Waals surface area contributed by atoms with E-state index < -0.39 is 0 Å². The zero-order valence-electron chi connectivity index (χ0n) is 14.6. The van der Waals surface area contributed by atoms with Gasteiger partial charge in [0, 0.05) is 22.9 Å². The van der Waals surface area contributed by atoms with Gasteiger partial charge in [-0.05, 0) is 24.3 Å². The standard InChI is InChI=1S/C18H23ClN4O2S/c1-2-7-23-17(14-3-5-15(19)6-4-14)20-21-18(23)26-13-16(24)12-22-8-10-25-11-9-22/h2-6,16,24H,1,7-13H2/p+1/t16-/m1/s1. The largest absolute Gasteiger partial charge is 0.386 e. The lowest BCUT2D eigenvalue weighted by Gasteiger charge is -2.25. The summed E-state index contributed by atoms with van der Waals surface area (Å²) in [7, 11) is 0. The lowest BCUT2D eigenvalue weighted by molar-refractivity contribution is -0.910. The van der Waals surface area contributed by atoms with Crippen LogP contribution in [0.3, 0.4) is 0 Å². The van der Waals surface area contributed by atoms with Crippen molar-refractivity contribution >= 4 is 23.4 Å². The minimum absolute atomic E-state index is 0.388. The SMILES string of the molecule is C=CCn1c(SC[C@H](O)C[NH+]2CCOCC2)nnc1-c1ccc(Cl)cc1. The third-order valence-electron chi connectivity index (χ3n) is 4.26. The molecule has 2 aromatic rings. The molecule has 8 heteroatoms. The molecular weight excluding hydrogens is 372 g/mol. The van der Waals surface area contributed by atoms with Gasteiger partial charge in [0.2, 0.25) is 0 Å². The van der Waals surface area contributed by atoms with Crippen LogP contribution in [0.1, 0.15) is 0 Å². The summed E-state index contributed by atoms with van der Waals surface area (Å²) in [5.41, 5.74) is 0.953. The van der Waals surface area contributed by atoms with E-state index in [9.17, 15) is 5.11 Å². The summed E-state index contributed by atoms with van der Waals surface area (Å²) in [5, 5.41) is 20.5. The fraction of sp³-hybridized carbons (Fsp3) is 0.444. The van der Waals surface area contributed by atoms with Crippen molar-refractivity contribution in [2.75, 3.05) is 38.6 Å². The molecule has 1 aliphatic rings. The van der Waals surface area contributed by atoms with E-state index in [1.165, 1.54) is 16.7 Å². The maximum Gasteiger partial charge on any atom is 0.191 e. The number of aromatic nitrogens is 3. The fourth-order valence-electron chi connectivity index (χ4n) is 2.93. The third kappa shape index (κ3) is 5.08. The van der Waals surface area contributed by atoms with Gasteiger partial charge in [-0.3, -0.25) is 4.57 Å². The molecule has 0 unspecified atom stereocenters. The zero-order valence-corrected chi connectivity index (χ0v) is 16.2. The number of rotatable bonds is 8. The number of morpholine rings is 1. The van der Waals surface area contributed by atoms with Gasteiger partial charge in [0.05, 0.1) is 13.2 Å². The first kappa shape index (κ1) is 19.4. The molecule has 26 heavy (non-hydrogen) atoms. The van der Waals surface area contributed by atoms with Gasteiger partial charge in [-0.15, -0.1) is 16.8 Å². The molecule has 1 aliphatic heterocycles. The van der Waals surface area contributed by atoms with Gasteiger partial charge in [0.1, 0.15) is 25.7 Å². The van der Waals surface area contributed by atoms with E-state index in [1.54, 1.807) is 0 Å². The third-order valence-corrected chi connectivity index (χ3v) is 5.62. The summed E-state index contributed by atoms with van der Waals surface area (Å²) < 4.78 is 7.37. The Morgan fingerprint density at radius 3 is 2.73 bits per heavy atom. The average molecular weight is 396 g/mol. The normalized spacial score (nSPS) is 16.5. The second-order valence-electron chi connectivity index (χ2n) is 6.24. The van der Waals surface area contributed by atoms with Crippen LogP contribution in [0.4, 0.5) is 0 Å². The van der Waals surface area contributed by atoms with E-state index in [0.717, 1.165) is 49.4 Å². The highest BCUT2D eigenvalue weighted by atomic mass is 35.5. The molecule has 6 nitrogen and oxygen atoms in total. The molecule has 3 rings (SSSR count). The number of ether oxygens (including phenoxy) is 1. The van der Waals surface area contributed by atoms with Crippen LogP contribution < -0.4 is 4.90 Å². The first-order valence-corrected chi connectivity index (χ1v) is 10.1. The molecule has 140 valence electrons. The Morgan fingerprint density at radius 2 is 2.04 bits per heavy atom. The molecule has 2 heterocycles. The van der Waals surface area contributed by atoms with Gasteiger partial charge in [0.15, 0.2) is 11.0 Å².